The number of fused-ring (bicyclic) bond motifs is 3. The first-order valence-electron chi connectivity index (χ1n) is 16.7. The van der Waals surface area contributed by atoms with Gasteiger partial charge in [-0.1, -0.05) is 16.4 Å². The summed E-state index contributed by atoms with van der Waals surface area (Å²) in [5.41, 5.74) is 1.42. The summed E-state index contributed by atoms with van der Waals surface area (Å²) in [5, 5.41) is 8.49. The zero-order valence-corrected chi connectivity index (χ0v) is 25.3. The first-order chi connectivity index (χ1) is 21.3. The van der Waals surface area contributed by atoms with Crippen LogP contribution in [0.4, 0.5) is 14.5 Å². The smallest absolute Gasteiger partial charge is 0.257 e. The molecule has 44 heavy (non-hydrogen) atoms. The Morgan fingerprint density at radius 1 is 0.841 bits per heavy atom. The minimum Gasteiger partial charge on any atom is -0.339 e. The van der Waals surface area contributed by atoms with E-state index in [-0.39, 0.29) is 41.9 Å². The van der Waals surface area contributed by atoms with Crippen LogP contribution in [0.3, 0.4) is 0 Å². The minimum atomic E-state index is -2.67. The van der Waals surface area contributed by atoms with Crippen molar-refractivity contribution in [1.29, 1.82) is 0 Å². The van der Waals surface area contributed by atoms with E-state index in [0.29, 0.717) is 30.7 Å². The number of carbonyl (C=O) groups excluding carboxylic acids is 1. The van der Waals surface area contributed by atoms with Crippen LogP contribution in [-0.4, -0.2) is 38.7 Å². The lowest BCUT2D eigenvalue weighted by atomic mass is 9.53. The van der Waals surface area contributed by atoms with Crippen molar-refractivity contribution >= 4 is 11.6 Å². The quantitative estimate of drug-likeness (QED) is 0.224. The molecule has 6 fully saturated rings. The number of hydrogen-bond donors (Lipinski definition) is 0. The third-order valence-corrected chi connectivity index (χ3v) is 11.3. The molecular weight excluding hydrogens is 564 g/mol. The van der Waals surface area contributed by atoms with Crippen LogP contribution in [0.1, 0.15) is 107 Å². The highest BCUT2D eigenvalue weighted by atomic mass is 19.3. The first kappa shape index (κ1) is 28.3. The number of alkyl halides is 2. The Kier molecular flexibility index (Phi) is 6.90. The molecule has 10 heteroatoms. The van der Waals surface area contributed by atoms with Gasteiger partial charge in [-0.2, -0.15) is 9.97 Å². The SMILES string of the molecule is O=C(CC1CCC(F)(F)C1)N(CC12CCC(c3nc(CC4CC4)no3)(CC1)CC2)c1cccc(-c2nc(CC3CC3)no2)c1. The van der Waals surface area contributed by atoms with E-state index < -0.39 is 5.92 Å². The molecule has 0 radical (unpaired) electrons. The monoisotopic (exact) mass is 605 g/mol. The van der Waals surface area contributed by atoms with Gasteiger partial charge in [0, 0.05) is 55.3 Å². The summed E-state index contributed by atoms with van der Waals surface area (Å²) < 4.78 is 39.6. The number of rotatable bonds is 11. The number of anilines is 1. The number of carbonyl (C=O) groups is 1. The summed E-state index contributed by atoms with van der Waals surface area (Å²) in [6.45, 7) is 0.571. The Morgan fingerprint density at radius 2 is 1.52 bits per heavy atom. The first-order valence-corrected chi connectivity index (χ1v) is 16.7. The van der Waals surface area contributed by atoms with E-state index in [1.807, 2.05) is 29.2 Å². The van der Waals surface area contributed by atoms with E-state index in [1.54, 1.807) is 0 Å². The maximum Gasteiger partial charge on any atom is 0.257 e. The highest BCUT2D eigenvalue weighted by molar-refractivity contribution is 5.94. The normalized spacial score (nSPS) is 29.3. The Labute approximate surface area is 256 Å². The summed E-state index contributed by atoms with van der Waals surface area (Å²) in [4.78, 5) is 25.4. The van der Waals surface area contributed by atoms with Gasteiger partial charge in [-0.05, 0) is 112 Å². The van der Waals surface area contributed by atoms with Gasteiger partial charge < -0.3 is 13.9 Å². The van der Waals surface area contributed by atoms with E-state index in [0.717, 1.165) is 80.2 Å². The second-order valence-corrected chi connectivity index (χ2v) is 14.8. The highest BCUT2D eigenvalue weighted by Crippen LogP contribution is 2.58. The van der Waals surface area contributed by atoms with Crippen LogP contribution >= 0.6 is 0 Å². The van der Waals surface area contributed by atoms with Crippen molar-refractivity contribution in [3.63, 3.8) is 0 Å². The summed E-state index contributed by atoms with van der Waals surface area (Å²) in [6, 6.07) is 7.73. The van der Waals surface area contributed by atoms with Crippen molar-refractivity contribution in [3.05, 3.63) is 41.8 Å². The van der Waals surface area contributed by atoms with Gasteiger partial charge in [-0.15, -0.1) is 0 Å². The third-order valence-electron chi connectivity index (χ3n) is 11.3. The van der Waals surface area contributed by atoms with E-state index in [4.69, 9.17) is 14.0 Å². The van der Waals surface area contributed by atoms with E-state index in [9.17, 15) is 13.6 Å². The Bertz CT molecular complexity index is 1500. The molecule has 0 spiro atoms. The molecule has 3 aromatic rings. The van der Waals surface area contributed by atoms with Crippen molar-refractivity contribution in [1.82, 2.24) is 20.3 Å². The topological polar surface area (TPSA) is 98.2 Å². The maximum atomic E-state index is 14.1. The van der Waals surface area contributed by atoms with Gasteiger partial charge in [0.2, 0.25) is 17.7 Å². The lowest BCUT2D eigenvalue weighted by molar-refractivity contribution is -0.120. The molecule has 9 rings (SSSR count). The Balaban J connectivity index is 1.02. The van der Waals surface area contributed by atoms with Gasteiger partial charge in [-0.3, -0.25) is 4.79 Å². The predicted molar refractivity (Wildman–Crippen MR) is 158 cm³/mol. The fraction of sp³-hybridized carbons (Fsp3) is 0.676. The van der Waals surface area contributed by atoms with E-state index in [2.05, 4.69) is 15.3 Å². The fourth-order valence-corrected chi connectivity index (χ4v) is 8.03. The molecule has 234 valence electrons. The second kappa shape index (κ2) is 10.7. The van der Waals surface area contributed by atoms with Crippen LogP contribution in [0.25, 0.3) is 11.5 Å². The van der Waals surface area contributed by atoms with Gasteiger partial charge in [0.05, 0.1) is 0 Å². The Hall–Kier alpha value is -3.17. The van der Waals surface area contributed by atoms with Crippen LogP contribution < -0.4 is 4.90 Å². The van der Waals surface area contributed by atoms with Crippen LogP contribution in [0, 0.1) is 23.2 Å². The summed E-state index contributed by atoms with van der Waals surface area (Å²) >= 11 is 0. The highest BCUT2D eigenvalue weighted by Gasteiger charge is 2.53. The molecule has 8 nitrogen and oxygen atoms in total. The lowest BCUT2D eigenvalue weighted by Crippen LogP contribution is -2.51. The number of benzene rings is 1. The molecule has 6 saturated carbocycles. The van der Waals surface area contributed by atoms with Gasteiger partial charge in [0.15, 0.2) is 11.6 Å². The molecule has 0 aliphatic heterocycles. The molecule has 0 saturated heterocycles. The largest absolute Gasteiger partial charge is 0.339 e. The molecule has 1 aromatic carbocycles. The summed E-state index contributed by atoms with van der Waals surface area (Å²) in [6.07, 6.45) is 12.6. The average molecular weight is 606 g/mol. The molecular formula is C34H41F2N5O3. The second-order valence-electron chi connectivity index (χ2n) is 14.8. The van der Waals surface area contributed by atoms with Crippen molar-refractivity contribution in [2.45, 2.75) is 114 Å². The fourth-order valence-electron chi connectivity index (χ4n) is 8.03. The van der Waals surface area contributed by atoms with Crippen molar-refractivity contribution in [2.24, 2.45) is 23.2 Å². The molecule has 1 amide bonds. The van der Waals surface area contributed by atoms with Gasteiger partial charge in [0.1, 0.15) is 0 Å². The number of amides is 1. The minimum absolute atomic E-state index is 0.0359. The van der Waals surface area contributed by atoms with E-state index in [1.165, 1.54) is 25.7 Å². The molecule has 1 atom stereocenters. The summed E-state index contributed by atoms with van der Waals surface area (Å²) in [7, 11) is 0. The predicted octanol–water partition coefficient (Wildman–Crippen LogP) is 7.48. The molecule has 1 unspecified atom stereocenters. The van der Waals surface area contributed by atoms with Gasteiger partial charge >= 0.3 is 0 Å². The van der Waals surface area contributed by atoms with Crippen molar-refractivity contribution < 1.29 is 22.6 Å². The van der Waals surface area contributed by atoms with E-state index >= 15 is 0 Å². The Morgan fingerprint density at radius 3 is 2.18 bits per heavy atom. The standard InChI is InChI=1S/C34H41F2N5O3/c35-34(36)9-8-24(20-34)18-29(42)41(26-3-1-2-25(19-26)30-37-27(39-43-30)16-22-4-5-22)21-32-10-13-33(14-11-32,15-12-32)31-38-28(40-44-31)17-23-6-7-23/h1-3,19,22-24H,4-18,20-21H2. The number of halogens is 2. The van der Waals surface area contributed by atoms with Crippen LogP contribution in [-0.2, 0) is 23.1 Å². The van der Waals surface area contributed by atoms with Gasteiger partial charge in [0.25, 0.3) is 5.89 Å². The zero-order valence-electron chi connectivity index (χ0n) is 25.3. The third kappa shape index (κ3) is 5.81. The zero-order chi connectivity index (χ0) is 29.9. The number of aromatic nitrogens is 4. The van der Waals surface area contributed by atoms with Crippen molar-refractivity contribution in [3.8, 4) is 11.5 Å². The van der Waals surface area contributed by atoms with Crippen LogP contribution in [0.5, 0.6) is 0 Å². The molecule has 0 N–H and O–H groups in total. The summed E-state index contributed by atoms with van der Waals surface area (Å²) in [5.74, 6) is 1.12. The number of hydrogen-bond acceptors (Lipinski definition) is 7. The van der Waals surface area contributed by atoms with Crippen LogP contribution in [0.2, 0.25) is 0 Å². The van der Waals surface area contributed by atoms with Crippen LogP contribution in [0.15, 0.2) is 33.3 Å². The molecule has 6 aliphatic carbocycles. The maximum absolute atomic E-state index is 14.1. The average Bonchev–Trinajstić information content (AvgIpc) is 3.88. The molecule has 6 aliphatic rings. The lowest BCUT2D eigenvalue weighted by Gasteiger charge is -2.53. The molecule has 2 aromatic heterocycles. The molecule has 2 heterocycles. The van der Waals surface area contributed by atoms with Crippen molar-refractivity contribution in [2.75, 3.05) is 11.4 Å². The molecule has 2 bridgehead atoms. The van der Waals surface area contributed by atoms with Gasteiger partial charge in [-0.25, -0.2) is 8.78 Å². The number of nitrogens with zero attached hydrogens (tertiary/aromatic N) is 5.